The molecule has 0 spiro atoms. The molecule has 2 nitrogen and oxygen atoms in total. The monoisotopic (exact) mass is 200 g/mol. The lowest BCUT2D eigenvalue weighted by atomic mass is 10.1. The van der Waals surface area contributed by atoms with Gasteiger partial charge in [0.05, 0.1) is 0 Å². The molecule has 0 atom stereocenters. The van der Waals surface area contributed by atoms with Gasteiger partial charge in [0.25, 0.3) is 0 Å². The Hall–Kier alpha value is -0.0800. The Kier molecular flexibility index (Phi) is 12.8. The molecule has 0 heterocycles. The summed E-state index contributed by atoms with van der Waals surface area (Å²) in [6, 6.07) is 0. The molecule has 0 amide bonds. The molecule has 14 heavy (non-hydrogen) atoms. The summed E-state index contributed by atoms with van der Waals surface area (Å²) in [5.74, 6) is 0. The summed E-state index contributed by atoms with van der Waals surface area (Å²) in [5, 5.41) is 3.32. The van der Waals surface area contributed by atoms with E-state index in [-0.39, 0.29) is 0 Å². The fraction of sp³-hybridized carbons (Fsp3) is 1.00. The zero-order chi connectivity index (χ0) is 10.5. The van der Waals surface area contributed by atoms with Crippen LogP contribution in [-0.2, 0) is 0 Å². The average molecular weight is 200 g/mol. The minimum Gasteiger partial charge on any atom is -0.329 e. The van der Waals surface area contributed by atoms with Crippen LogP contribution in [0, 0.1) is 0 Å². The van der Waals surface area contributed by atoms with Crippen LogP contribution < -0.4 is 11.1 Å². The Bertz CT molecular complexity index is 82.3. The van der Waals surface area contributed by atoms with Crippen LogP contribution in [0.2, 0.25) is 0 Å². The Morgan fingerprint density at radius 1 is 0.786 bits per heavy atom. The minimum atomic E-state index is 0.761. The topological polar surface area (TPSA) is 38.0 Å². The molecule has 0 rings (SSSR count). The number of rotatable bonds is 11. The number of unbranched alkanes of at least 4 members (excludes halogenated alkanes) is 7. The molecule has 0 aromatic carbocycles. The first kappa shape index (κ1) is 13.9. The summed E-state index contributed by atoms with van der Waals surface area (Å²) < 4.78 is 0. The molecular weight excluding hydrogens is 172 g/mol. The Morgan fingerprint density at radius 2 is 1.36 bits per heavy atom. The Morgan fingerprint density at radius 3 is 1.93 bits per heavy atom. The fourth-order valence-electron chi connectivity index (χ4n) is 1.61. The van der Waals surface area contributed by atoms with Crippen molar-refractivity contribution in [3.05, 3.63) is 0 Å². The van der Waals surface area contributed by atoms with E-state index in [9.17, 15) is 0 Å². The first-order valence-electron chi connectivity index (χ1n) is 6.32. The van der Waals surface area contributed by atoms with Crippen LogP contribution in [0.1, 0.15) is 58.3 Å². The van der Waals surface area contributed by atoms with Crippen molar-refractivity contribution in [3.8, 4) is 0 Å². The van der Waals surface area contributed by atoms with Crippen molar-refractivity contribution in [2.24, 2.45) is 5.73 Å². The van der Waals surface area contributed by atoms with Crippen LogP contribution in [0.4, 0.5) is 0 Å². The highest BCUT2D eigenvalue weighted by Crippen LogP contribution is 2.07. The van der Waals surface area contributed by atoms with Crippen molar-refractivity contribution in [1.82, 2.24) is 5.32 Å². The predicted molar refractivity (Wildman–Crippen MR) is 64.5 cm³/mol. The summed E-state index contributed by atoms with van der Waals surface area (Å²) in [6.45, 7) is 5.14. The lowest BCUT2D eigenvalue weighted by Gasteiger charge is -2.03. The Balaban J connectivity index is 2.78. The summed E-state index contributed by atoms with van der Waals surface area (Å²) >= 11 is 0. The lowest BCUT2D eigenvalue weighted by molar-refractivity contribution is 0.557. The lowest BCUT2D eigenvalue weighted by Crippen LogP contribution is -2.23. The van der Waals surface area contributed by atoms with Crippen molar-refractivity contribution in [3.63, 3.8) is 0 Å². The summed E-state index contributed by atoms with van der Waals surface area (Å²) in [4.78, 5) is 0. The van der Waals surface area contributed by atoms with Crippen molar-refractivity contribution >= 4 is 0 Å². The SMILES string of the molecule is CCCCCCCCCCNCCN. The van der Waals surface area contributed by atoms with Gasteiger partial charge in [0.15, 0.2) is 0 Å². The van der Waals surface area contributed by atoms with Gasteiger partial charge < -0.3 is 11.1 Å². The molecule has 3 N–H and O–H groups in total. The molecule has 0 aliphatic rings. The van der Waals surface area contributed by atoms with E-state index in [1.54, 1.807) is 0 Å². The summed E-state index contributed by atoms with van der Waals surface area (Å²) in [7, 11) is 0. The van der Waals surface area contributed by atoms with Crippen LogP contribution in [0.5, 0.6) is 0 Å². The predicted octanol–water partition coefficient (Wildman–Crippen LogP) is 2.68. The third kappa shape index (κ3) is 11.9. The van der Waals surface area contributed by atoms with Gasteiger partial charge in [-0.25, -0.2) is 0 Å². The zero-order valence-electron chi connectivity index (χ0n) is 9.86. The van der Waals surface area contributed by atoms with E-state index in [0.717, 1.165) is 19.6 Å². The van der Waals surface area contributed by atoms with Gasteiger partial charge in [-0.3, -0.25) is 0 Å². The van der Waals surface area contributed by atoms with Crippen molar-refractivity contribution in [2.45, 2.75) is 58.3 Å². The normalized spacial score (nSPS) is 10.7. The molecule has 0 unspecified atom stereocenters. The van der Waals surface area contributed by atoms with Gasteiger partial charge in [-0.1, -0.05) is 51.9 Å². The van der Waals surface area contributed by atoms with Gasteiger partial charge in [-0.15, -0.1) is 0 Å². The molecule has 0 saturated heterocycles. The number of nitrogens with one attached hydrogen (secondary N) is 1. The molecule has 0 aromatic heterocycles. The quantitative estimate of drug-likeness (QED) is 0.503. The second-order valence-electron chi connectivity index (χ2n) is 4.01. The first-order chi connectivity index (χ1) is 6.91. The van der Waals surface area contributed by atoms with Crippen LogP contribution >= 0.6 is 0 Å². The van der Waals surface area contributed by atoms with Crippen LogP contribution in [-0.4, -0.2) is 19.6 Å². The van der Waals surface area contributed by atoms with E-state index in [1.807, 2.05) is 0 Å². The third-order valence-corrected chi connectivity index (χ3v) is 2.53. The molecule has 0 bridgehead atoms. The summed E-state index contributed by atoms with van der Waals surface area (Å²) in [5.41, 5.74) is 5.37. The molecular formula is C12H28N2. The number of nitrogens with two attached hydrogens (primary N) is 1. The molecule has 2 heteroatoms. The molecule has 0 radical (unpaired) electrons. The molecule has 0 aliphatic heterocycles. The van der Waals surface area contributed by atoms with Gasteiger partial charge in [-0.05, 0) is 13.0 Å². The van der Waals surface area contributed by atoms with E-state index < -0.39 is 0 Å². The smallest absolute Gasteiger partial charge is 0.00745 e. The van der Waals surface area contributed by atoms with E-state index >= 15 is 0 Å². The maximum atomic E-state index is 5.37. The van der Waals surface area contributed by atoms with E-state index in [2.05, 4.69) is 12.2 Å². The second-order valence-corrected chi connectivity index (χ2v) is 4.01. The fourth-order valence-corrected chi connectivity index (χ4v) is 1.61. The highest BCUT2D eigenvalue weighted by Gasteiger charge is 1.90. The Labute approximate surface area is 89.6 Å². The third-order valence-electron chi connectivity index (χ3n) is 2.53. The molecule has 0 saturated carbocycles. The van der Waals surface area contributed by atoms with Crippen LogP contribution in [0.3, 0.4) is 0 Å². The van der Waals surface area contributed by atoms with E-state index in [4.69, 9.17) is 5.73 Å². The second kappa shape index (κ2) is 12.9. The number of hydrogen-bond acceptors (Lipinski definition) is 2. The molecule has 0 fully saturated rings. The average Bonchev–Trinajstić information content (AvgIpc) is 2.21. The van der Waals surface area contributed by atoms with Gasteiger partial charge in [0.1, 0.15) is 0 Å². The van der Waals surface area contributed by atoms with E-state index in [1.165, 1.54) is 51.4 Å². The largest absolute Gasteiger partial charge is 0.329 e. The standard InChI is InChI=1S/C12H28N2/c1-2-3-4-5-6-7-8-9-11-14-12-10-13/h14H,2-13H2,1H3. The zero-order valence-corrected chi connectivity index (χ0v) is 9.86. The van der Waals surface area contributed by atoms with Gasteiger partial charge in [-0.2, -0.15) is 0 Å². The van der Waals surface area contributed by atoms with Gasteiger partial charge >= 0.3 is 0 Å². The molecule has 86 valence electrons. The van der Waals surface area contributed by atoms with Crippen LogP contribution in [0.15, 0.2) is 0 Å². The maximum Gasteiger partial charge on any atom is 0.00745 e. The molecule has 0 aliphatic carbocycles. The van der Waals surface area contributed by atoms with E-state index in [0.29, 0.717) is 0 Å². The first-order valence-corrected chi connectivity index (χ1v) is 6.32. The highest BCUT2D eigenvalue weighted by molar-refractivity contribution is 4.50. The highest BCUT2D eigenvalue weighted by atomic mass is 14.9. The van der Waals surface area contributed by atoms with Crippen molar-refractivity contribution in [1.29, 1.82) is 0 Å². The minimum absolute atomic E-state index is 0.761. The number of hydrogen-bond donors (Lipinski definition) is 2. The van der Waals surface area contributed by atoms with Gasteiger partial charge in [0, 0.05) is 13.1 Å². The molecule has 0 aromatic rings. The maximum absolute atomic E-state index is 5.37. The van der Waals surface area contributed by atoms with Crippen molar-refractivity contribution in [2.75, 3.05) is 19.6 Å². The van der Waals surface area contributed by atoms with Gasteiger partial charge in [0.2, 0.25) is 0 Å². The van der Waals surface area contributed by atoms with Crippen molar-refractivity contribution < 1.29 is 0 Å². The summed E-state index contributed by atoms with van der Waals surface area (Å²) in [6.07, 6.45) is 11.2. The van der Waals surface area contributed by atoms with Crippen LogP contribution in [0.25, 0.3) is 0 Å².